The molecular weight excluding hydrogens is 350 g/mol. The predicted octanol–water partition coefficient (Wildman–Crippen LogP) is 2.27. The molecule has 134 valence electrons. The number of quaternary nitrogens is 1. The van der Waals surface area contributed by atoms with E-state index in [9.17, 15) is 13.6 Å². The van der Waals surface area contributed by atoms with Gasteiger partial charge >= 0.3 is 6.61 Å². The summed E-state index contributed by atoms with van der Waals surface area (Å²) in [6.45, 7) is -1.47. The van der Waals surface area contributed by atoms with Crippen molar-refractivity contribution < 1.29 is 23.2 Å². The van der Waals surface area contributed by atoms with Crippen molar-refractivity contribution in [2.45, 2.75) is 19.7 Å². The van der Waals surface area contributed by atoms with Crippen molar-refractivity contribution in [1.82, 2.24) is 5.32 Å². The lowest BCUT2D eigenvalue weighted by molar-refractivity contribution is -0.885. The molecule has 0 saturated carbocycles. The molecule has 0 saturated heterocycles. The third kappa shape index (κ3) is 7.07. The van der Waals surface area contributed by atoms with Gasteiger partial charge in [-0.3, -0.25) is 4.79 Å². The van der Waals surface area contributed by atoms with Gasteiger partial charge in [0.25, 0.3) is 5.91 Å². The van der Waals surface area contributed by atoms with Gasteiger partial charge in [-0.25, -0.2) is 0 Å². The molecule has 0 bridgehead atoms. The smallest absolute Gasteiger partial charge is 0.387 e. The lowest BCUT2D eigenvalue weighted by atomic mass is 10.2. The van der Waals surface area contributed by atoms with Crippen LogP contribution in [-0.2, 0) is 17.9 Å². The summed E-state index contributed by atoms with van der Waals surface area (Å²) in [4.78, 5) is 13.0. The van der Waals surface area contributed by atoms with Crippen molar-refractivity contribution in [2.75, 3.05) is 13.6 Å². The summed E-state index contributed by atoms with van der Waals surface area (Å²) in [5.41, 5.74) is 1.91. The van der Waals surface area contributed by atoms with Crippen LogP contribution in [0.2, 0.25) is 5.02 Å². The largest absolute Gasteiger partial charge is 0.435 e. The second-order valence-corrected chi connectivity index (χ2v) is 6.17. The average molecular weight is 370 g/mol. The second-order valence-electron chi connectivity index (χ2n) is 5.74. The number of hydrogen-bond donors (Lipinski definition) is 2. The molecule has 1 atom stereocenters. The summed E-state index contributed by atoms with van der Waals surface area (Å²) in [7, 11) is 1.89. The van der Waals surface area contributed by atoms with Gasteiger partial charge in [-0.1, -0.05) is 23.7 Å². The first-order chi connectivity index (χ1) is 11.9. The highest BCUT2D eigenvalue weighted by atomic mass is 35.5. The normalized spacial score (nSPS) is 12.0. The fourth-order valence-corrected chi connectivity index (χ4v) is 2.47. The fourth-order valence-electron chi connectivity index (χ4n) is 2.34. The van der Waals surface area contributed by atoms with Crippen LogP contribution in [0.25, 0.3) is 0 Å². The first-order valence-corrected chi connectivity index (χ1v) is 8.16. The Balaban J connectivity index is 1.76. The summed E-state index contributed by atoms with van der Waals surface area (Å²) >= 11 is 5.82. The molecule has 0 aromatic heterocycles. The summed E-state index contributed by atoms with van der Waals surface area (Å²) in [6.07, 6.45) is 0. The van der Waals surface area contributed by atoms with E-state index in [1.165, 1.54) is 12.1 Å². The summed E-state index contributed by atoms with van der Waals surface area (Å²) in [5, 5.41) is 3.52. The number of nitrogens with one attached hydrogen (secondary N) is 2. The van der Waals surface area contributed by atoms with Crippen LogP contribution in [0.15, 0.2) is 48.5 Å². The SMILES string of the molecule is C[NH+](CC(=O)NCc1ccc(Cl)cc1)Cc1ccc(OC(F)F)cc1. The molecule has 4 nitrogen and oxygen atoms in total. The molecule has 2 N–H and O–H groups in total. The van der Waals surface area contributed by atoms with Crippen LogP contribution in [0.3, 0.4) is 0 Å². The predicted molar refractivity (Wildman–Crippen MR) is 91.8 cm³/mol. The van der Waals surface area contributed by atoms with Crippen molar-refractivity contribution in [3.05, 3.63) is 64.7 Å². The van der Waals surface area contributed by atoms with E-state index < -0.39 is 6.61 Å². The minimum atomic E-state index is -2.83. The maximum Gasteiger partial charge on any atom is 0.387 e. The Morgan fingerprint density at radius 1 is 1.12 bits per heavy atom. The van der Waals surface area contributed by atoms with Crippen molar-refractivity contribution in [2.24, 2.45) is 0 Å². The standard InChI is InChI=1S/C18H19ClF2N2O2/c1-23(11-14-4-8-16(9-5-14)25-18(20)21)12-17(24)22-10-13-2-6-15(19)7-3-13/h2-9,18H,10-12H2,1H3,(H,22,24)/p+1. The minimum absolute atomic E-state index is 0.0647. The number of benzene rings is 2. The number of alkyl halides is 2. The molecule has 0 aliphatic rings. The van der Waals surface area contributed by atoms with Gasteiger partial charge in [-0.05, 0) is 42.0 Å². The fraction of sp³-hybridized carbons (Fsp3) is 0.278. The molecule has 0 spiro atoms. The molecule has 2 aromatic carbocycles. The van der Waals surface area contributed by atoms with Crippen LogP contribution in [0.5, 0.6) is 5.75 Å². The molecule has 0 heterocycles. The molecule has 0 aliphatic carbocycles. The molecule has 0 fully saturated rings. The summed E-state index contributed by atoms with van der Waals surface area (Å²) in [5.74, 6) is 0.0576. The summed E-state index contributed by atoms with van der Waals surface area (Å²) in [6, 6.07) is 13.7. The molecule has 1 unspecified atom stereocenters. The maximum absolute atomic E-state index is 12.1. The van der Waals surface area contributed by atoms with Crippen molar-refractivity contribution in [1.29, 1.82) is 0 Å². The number of likely N-dealkylation sites (N-methyl/N-ethyl adjacent to an activating group) is 1. The van der Waals surface area contributed by atoms with Crippen LogP contribution in [0.1, 0.15) is 11.1 Å². The van der Waals surface area contributed by atoms with Gasteiger partial charge in [0, 0.05) is 17.1 Å². The van der Waals surface area contributed by atoms with E-state index in [0.29, 0.717) is 24.7 Å². The van der Waals surface area contributed by atoms with E-state index in [1.54, 1.807) is 24.3 Å². The number of carbonyl (C=O) groups excluding carboxylic acids is 1. The Morgan fingerprint density at radius 3 is 2.32 bits per heavy atom. The molecule has 0 aliphatic heterocycles. The third-order valence-electron chi connectivity index (χ3n) is 3.52. The van der Waals surface area contributed by atoms with Crippen LogP contribution in [0.4, 0.5) is 8.78 Å². The van der Waals surface area contributed by atoms with Crippen LogP contribution >= 0.6 is 11.6 Å². The Morgan fingerprint density at radius 2 is 1.72 bits per heavy atom. The number of amides is 1. The van der Waals surface area contributed by atoms with Crippen molar-refractivity contribution in [3.63, 3.8) is 0 Å². The highest BCUT2D eigenvalue weighted by molar-refractivity contribution is 6.30. The highest BCUT2D eigenvalue weighted by Crippen LogP contribution is 2.14. The van der Waals surface area contributed by atoms with E-state index in [0.717, 1.165) is 16.0 Å². The lowest BCUT2D eigenvalue weighted by Crippen LogP contribution is -3.08. The zero-order valence-electron chi connectivity index (χ0n) is 13.8. The molecule has 2 aromatic rings. The topological polar surface area (TPSA) is 42.8 Å². The van der Waals surface area contributed by atoms with Gasteiger partial charge in [-0.2, -0.15) is 8.78 Å². The maximum atomic E-state index is 12.1. The Labute approximate surface area is 150 Å². The number of hydrogen-bond acceptors (Lipinski definition) is 2. The molecule has 7 heteroatoms. The van der Waals surface area contributed by atoms with E-state index in [2.05, 4.69) is 10.1 Å². The zero-order chi connectivity index (χ0) is 18.2. The number of halogens is 3. The van der Waals surface area contributed by atoms with Gasteiger partial charge in [-0.15, -0.1) is 0 Å². The Kier molecular flexibility index (Phi) is 7.16. The lowest BCUT2D eigenvalue weighted by Gasteiger charge is -2.14. The van der Waals surface area contributed by atoms with Crippen LogP contribution < -0.4 is 15.0 Å². The van der Waals surface area contributed by atoms with Crippen molar-refractivity contribution in [3.8, 4) is 5.75 Å². The van der Waals surface area contributed by atoms with E-state index >= 15 is 0 Å². The van der Waals surface area contributed by atoms with Gasteiger partial charge in [0.2, 0.25) is 0 Å². The molecule has 25 heavy (non-hydrogen) atoms. The number of rotatable bonds is 8. The molecule has 1 amide bonds. The molecular formula is C18H20ClF2N2O2+. The Hall–Kier alpha value is -2.18. The van der Waals surface area contributed by atoms with Gasteiger partial charge < -0.3 is 15.0 Å². The zero-order valence-corrected chi connectivity index (χ0v) is 14.5. The van der Waals surface area contributed by atoms with Crippen LogP contribution in [-0.4, -0.2) is 26.1 Å². The van der Waals surface area contributed by atoms with Gasteiger partial charge in [0.1, 0.15) is 12.3 Å². The monoisotopic (exact) mass is 369 g/mol. The quantitative estimate of drug-likeness (QED) is 0.749. The number of carbonyl (C=O) groups is 1. The van der Waals surface area contributed by atoms with Crippen LogP contribution in [0, 0.1) is 0 Å². The molecule has 0 radical (unpaired) electrons. The van der Waals surface area contributed by atoms with E-state index in [4.69, 9.17) is 11.6 Å². The minimum Gasteiger partial charge on any atom is -0.435 e. The van der Waals surface area contributed by atoms with Crippen molar-refractivity contribution >= 4 is 17.5 Å². The molecule has 2 rings (SSSR count). The van der Waals surface area contributed by atoms with E-state index in [1.807, 2.05) is 19.2 Å². The summed E-state index contributed by atoms with van der Waals surface area (Å²) < 4.78 is 28.5. The first-order valence-electron chi connectivity index (χ1n) is 7.78. The van der Waals surface area contributed by atoms with Gasteiger partial charge in [0.15, 0.2) is 6.54 Å². The first kappa shape index (κ1) is 19.1. The average Bonchev–Trinajstić information content (AvgIpc) is 2.55. The second kappa shape index (κ2) is 9.34. The highest BCUT2D eigenvalue weighted by Gasteiger charge is 2.11. The van der Waals surface area contributed by atoms with E-state index in [-0.39, 0.29) is 11.7 Å². The van der Waals surface area contributed by atoms with Gasteiger partial charge in [0.05, 0.1) is 7.05 Å². The third-order valence-corrected chi connectivity index (χ3v) is 3.77. The Bertz CT molecular complexity index is 678. The number of ether oxygens (including phenoxy) is 1.